The Morgan fingerprint density at radius 2 is 1.18 bits per heavy atom. The molecule has 0 N–H and O–H groups in total. The summed E-state index contributed by atoms with van der Waals surface area (Å²) in [7, 11) is 0. The second-order valence-corrected chi connectivity index (χ2v) is 4.61. The highest BCUT2D eigenvalue weighted by atomic mass is 35.5. The van der Waals surface area contributed by atoms with Crippen LogP contribution in [0.3, 0.4) is 0 Å². The first-order valence-electron chi connectivity index (χ1n) is 3.96. The molecule has 4 aliphatic heterocycles. The first-order valence-corrected chi connectivity index (χ1v) is 4.30. The quantitative estimate of drug-likeness (QED) is 0.466. The lowest BCUT2D eigenvalue weighted by molar-refractivity contribution is -0.881. The highest BCUT2D eigenvalue weighted by molar-refractivity contribution is 6.06. The average Bonchev–Trinajstić information content (AvgIpc) is 1.79. The topological polar surface area (TPSA) is 9.72 Å². The summed E-state index contributed by atoms with van der Waals surface area (Å²) in [6.45, 7) is 6.41. The SMILES string of the molecule is Cl[N+]12CN3CN(CN(C3)C1)C2. The van der Waals surface area contributed by atoms with Gasteiger partial charge in [0.05, 0.1) is 20.0 Å². The standard InChI is InChI=1S/C6H12ClN4/c7-11-4-8-1-9(5-11)3-10(2-8)6-11/h1-6H2/q+1. The zero-order valence-corrected chi connectivity index (χ0v) is 7.17. The number of halogens is 1. The number of quaternary nitrogens is 1. The van der Waals surface area contributed by atoms with Gasteiger partial charge in [-0.3, -0.25) is 0 Å². The van der Waals surface area contributed by atoms with E-state index >= 15 is 0 Å². The van der Waals surface area contributed by atoms with Crippen LogP contribution in [0.5, 0.6) is 0 Å². The molecule has 0 saturated carbocycles. The van der Waals surface area contributed by atoms with E-state index in [1.165, 1.54) is 0 Å². The Balaban J connectivity index is 1.94. The highest BCUT2D eigenvalue weighted by Gasteiger charge is 2.48. The summed E-state index contributed by atoms with van der Waals surface area (Å²) in [6, 6.07) is 0. The van der Waals surface area contributed by atoms with Gasteiger partial charge in [0.15, 0.2) is 31.8 Å². The molecule has 0 atom stereocenters. The molecule has 0 spiro atoms. The van der Waals surface area contributed by atoms with Crippen molar-refractivity contribution in [2.45, 2.75) is 0 Å². The minimum absolute atomic E-state index is 0.681. The molecule has 0 aromatic rings. The zero-order chi connectivity index (χ0) is 7.47. The lowest BCUT2D eigenvalue weighted by Gasteiger charge is -2.56. The molecule has 0 radical (unpaired) electrons. The Bertz CT molecular complexity index is 160. The monoisotopic (exact) mass is 175 g/mol. The van der Waals surface area contributed by atoms with E-state index < -0.39 is 0 Å². The number of nitrogens with zero attached hydrogens (tertiary/aromatic N) is 4. The predicted octanol–water partition coefficient (Wildman–Crippen LogP) is -0.351. The van der Waals surface area contributed by atoms with Crippen molar-refractivity contribution in [3.8, 4) is 0 Å². The summed E-state index contributed by atoms with van der Waals surface area (Å²) in [5, 5.41) is 0. The Kier molecular flexibility index (Phi) is 1.14. The molecule has 62 valence electrons. The van der Waals surface area contributed by atoms with E-state index in [1.807, 2.05) is 0 Å². The van der Waals surface area contributed by atoms with Gasteiger partial charge in [-0.25, -0.2) is 14.7 Å². The summed E-state index contributed by atoms with van der Waals surface area (Å²) < 4.78 is 0.681. The van der Waals surface area contributed by atoms with Crippen LogP contribution in [0.1, 0.15) is 0 Å². The molecule has 0 aromatic heterocycles. The fourth-order valence-corrected chi connectivity index (χ4v) is 2.91. The van der Waals surface area contributed by atoms with Gasteiger partial charge < -0.3 is 0 Å². The van der Waals surface area contributed by atoms with Crippen LogP contribution in [0.25, 0.3) is 0 Å². The van der Waals surface area contributed by atoms with Gasteiger partial charge in [0.25, 0.3) is 0 Å². The number of hydrogen-bond acceptors (Lipinski definition) is 3. The van der Waals surface area contributed by atoms with Gasteiger partial charge in [0, 0.05) is 0 Å². The largest absolute Gasteiger partial charge is 0.229 e. The Morgan fingerprint density at radius 3 is 1.45 bits per heavy atom. The second kappa shape index (κ2) is 1.89. The van der Waals surface area contributed by atoms with Crippen molar-refractivity contribution in [1.82, 2.24) is 14.7 Å². The molecular weight excluding hydrogens is 164 g/mol. The van der Waals surface area contributed by atoms with Crippen LogP contribution in [0.2, 0.25) is 0 Å². The molecule has 4 rings (SSSR count). The van der Waals surface area contributed by atoms with Crippen LogP contribution < -0.4 is 0 Å². The maximum atomic E-state index is 6.34. The Hall–Kier alpha value is 0.130. The van der Waals surface area contributed by atoms with Crippen LogP contribution in [-0.2, 0) is 0 Å². The highest BCUT2D eigenvalue weighted by Crippen LogP contribution is 2.30. The maximum Gasteiger partial charge on any atom is 0.168 e. The minimum atomic E-state index is 0.681. The minimum Gasteiger partial charge on any atom is -0.229 e. The van der Waals surface area contributed by atoms with Gasteiger partial charge in [0.1, 0.15) is 0 Å². The van der Waals surface area contributed by atoms with Crippen molar-refractivity contribution in [3.05, 3.63) is 0 Å². The molecule has 4 fully saturated rings. The molecular formula is C6H12ClN4+. The number of hydrogen-bond donors (Lipinski definition) is 0. The van der Waals surface area contributed by atoms with Crippen molar-refractivity contribution in [1.29, 1.82) is 0 Å². The van der Waals surface area contributed by atoms with Crippen molar-refractivity contribution < 1.29 is 4.00 Å². The van der Waals surface area contributed by atoms with Crippen LogP contribution >= 0.6 is 11.8 Å². The van der Waals surface area contributed by atoms with Crippen LogP contribution in [0, 0.1) is 0 Å². The van der Waals surface area contributed by atoms with Crippen molar-refractivity contribution >= 4 is 11.8 Å². The van der Waals surface area contributed by atoms with Crippen molar-refractivity contribution in [2.75, 3.05) is 40.0 Å². The molecule has 0 aliphatic carbocycles. The maximum absolute atomic E-state index is 6.34. The summed E-state index contributed by atoms with van der Waals surface area (Å²) in [5.41, 5.74) is 0. The van der Waals surface area contributed by atoms with E-state index in [1.54, 1.807) is 0 Å². The lowest BCUT2D eigenvalue weighted by Crippen LogP contribution is -2.76. The van der Waals surface area contributed by atoms with E-state index in [0.717, 1.165) is 40.0 Å². The molecule has 0 aromatic carbocycles. The summed E-state index contributed by atoms with van der Waals surface area (Å²) >= 11 is 6.34. The molecule has 0 unspecified atom stereocenters. The van der Waals surface area contributed by atoms with Gasteiger partial charge in [0.2, 0.25) is 0 Å². The zero-order valence-electron chi connectivity index (χ0n) is 6.41. The smallest absolute Gasteiger partial charge is 0.168 e. The van der Waals surface area contributed by atoms with Crippen molar-refractivity contribution in [2.24, 2.45) is 0 Å². The van der Waals surface area contributed by atoms with E-state index in [-0.39, 0.29) is 0 Å². The summed E-state index contributed by atoms with van der Waals surface area (Å²) in [4.78, 5) is 7.18. The molecule has 4 heterocycles. The molecule has 4 aliphatic rings. The number of rotatable bonds is 0. The van der Waals surface area contributed by atoms with Gasteiger partial charge >= 0.3 is 0 Å². The first kappa shape index (κ1) is 6.62. The third-order valence-corrected chi connectivity index (χ3v) is 2.88. The fraction of sp³-hybridized carbons (Fsp3) is 1.00. The molecule has 4 bridgehead atoms. The average molecular weight is 176 g/mol. The molecule has 5 heteroatoms. The third kappa shape index (κ3) is 0.910. The Morgan fingerprint density at radius 1 is 0.818 bits per heavy atom. The fourth-order valence-electron chi connectivity index (χ4n) is 2.46. The summed E-state index contributed by atoms with van der Waals surface area (Å²) in [5.74, 6) is 0. The van der Waals surface area contributed by atoms with E-state index in [4.69, 9.17) is 11.8 Å². The third-order valence-electron chi connectivity index (χ3n) is 2.56. The summed E-state index contributed by atoms with van der Waals surface area (Å²) in [6.07, 6.45) is 0. The molecule has 4 nitrogen and oxygen atoms in total. The lowest BCUT2D eigenvalue weighted by atomic mass is 10.4. The van der Waals surface area contributed by atoms with Gasteiger partial charge in [-0.15, -0.1) is 0 Å². The first-order chi connectivity index (χ1) is 5.23. The Labute approximate surface area is 71.2 Å². The van der Waals surface area contributed by atoms with Crippen molar-refractivity contribution in [3.63, 3.8) is 0 Å². The van der Waals surface area contributed by atoms with E-state index in [0.29, 0.717) is 4.00 Å². The van der Waals surface area contributed by atoms with Crippen LogP contribution in [-0.4, -0.2) is 58.7 Å². The van der Waals surface area contributed by atoms with Gasteiger partial charge in [-0.2, -0.15) is 4.00 Å². The van der Waals surface area contributed by atoms with Crippen LogP contribution in [0.4, 0.5) is 0 Å². The van der Waals surface area contributed by atoms with Crippen LogP contribution in [0.15, 0.2) is 0 Å². The molecule has 4 saturated heterocycles. The van der Waals surface area contributed by atoms with E-state index in [9.17, 15) is 0 Å². The van der Waals surface area contributed by atoms with Gasteiger partial charge in [-0.1, -0.05) is 0 Å². The molecule has 0 amide bonds. The van der Waals surface area contributed by atoms with E-state index in [2.05, 4.69) is 14.7 Å². The predicted molar refractivity (Wildman–Crippen MR) is 40.8 cm³/mol. The normalized spacial score (nSPS) is 60.3. The van der Waals surface area contributed by atoms with Gasteiger partial charge in [-0.05, 0) is 0 Å². The molecule has 11 heavy (non-hydrogen) atoms. The second-order valence-electron chi connectivity index (χ2n) is 3.89.